The molecule has 18 heavy (non-hydrogen) atoms. The Labute approximate surface area is 120 Å². The van der Waals surface area contributed by atoms with E-state index in [1.165, 1.54) is 11.3 Å². The molecule has 1 N–H and O–H groups in total. The van der Waals surface area contributed by atoms with Crippen LogP contribution < -0.4 is 5.32 Å². The van der Waals surface area contributed by atoms with Gasteiger partial charge in [0.2, 0.25) is 10.7 Å². The number of hydrogen-bond donors (Lipinski definition) is 1. The Morgan fingerprint density at radius 2 is 2.00 bits per heavy atom. The molecule has 2 aromatic heterocycles. The second-order valence-electron chi connectivity index (χ2n) is 3.52. The van der Waals surface area contributed by atoms with Crippen LogP contribution in [0, 0.1) is 4.77 Å². The lowest BCUT2D eigenvalue weighted by Crippen LogP contribution is -2.00. The predicted molar refractivity (Wildman–Crippen MR) is 79.1 cm³/mol. The van der Waals surface area contributed by atoms with E-state index in [0.717, 1.165) is 15.1 Å². The Balaban J connectivity index is 1.99. The highest BCUT2D eigenvalue weighted by Gasteiger charge is 2.03. The largest absolute Gasteiger partial charge is 0.324 e. The molecule has 1 aromatic carbocycles. The molecule has 0 radical (unpaired) electrons. The maximum absolute atomic E-state index is 5.20. The molecule has 0 fully saturated rings. The van der Waals surface area contributed by atoms with Gasteiger partial charge in [-0.05, 0) is 36.5 Å². The number of benzene rings is 1. The molecule has 0 saturated carbocycles. The Kier molecular flexibility index (Phi) is 3.11. The van der Waals surface area contributed by atoms with Crippen molar-refractivity contribution in [2.75, 3.05) is 5.32 Å². The zero-order valence-corrected chi connectivity index (χ0v) is 12.2. The van der Waals surface area contributed by atoms with Gasteiger partial charge < -0.3 is 5.32 Å². The number of hydrogen-bond acceptors (Lipinski definition) is 5. The smallest absolute Gasteiger partial charge is 0.232 e. The van der Waals surface area contributed by atoms with Crippen LogP contribution in [0.2, 0.25) is 0 Å². The molecule has 0 aliphatic rings. The summed E-state index contributed by atoms with van der Waals surface area (Å²) in [6, 6.07) is 7.80. The number of anilines is 2. The van der Waals surface area contributed by atoms with Crippen LogP contribution in [0.1, 0.15) is 0 Å². The van der Waals surface area contributed by atoms with Crippen LogP contribution in [0.15, 0.2) is 40.3 Å². The second kappa shape index (κ2) is 4.75. The molecule has 0 saturated heterocycles. The van der Waals surface area contributed by atoms with Crippen LogP contribution >= 0.6 is 39.5 Å². The van der Waals surface area contributed by atoms with Gasteiger partial charge in [0.15, 0.2) is 4.96 Å². The van der Waals surface area contributed by atoms with E-state index in [1.54, 1.807) is 4.40 Å². The van der Waals surface area contributed by atoms with E-state index < -0.39 is 0 Å². The third-order valence-electron chi connectivity index (χ3n) is 2.30. The molecule has 0 unspecified atom stereocenters. The van der Waals surface area contributed by atoms with Crippen molar-refractivity contribution >= 4 is 56.1 Å². The van der Waals surface area contributed by atoms with Gasteiger partial charge in [-0.2, -0.15) is 9.97 Å². The normalized spacial score (nSPS) is 10.7. The average molecular weight is 339 g/mol. The van der Waals surface area contributed by atoms with E-state index in [0.29, 0.717) is 10.7 Å². The van der Waals surface area contributed by atoms with E-state index in [4.69, 9.17) is 12.2 Å². The molecule has 7 heteroatoms. The van der Waals surface area contributed by atoms with Crippen molar-refractivity contribution in [3.05, 3.63) is 45.1 Å². The number of nitrogens with zero attached hydrogens (tertiary/aromatic N) is 3. The summed E-state index contributed by atoms with van der Waals surface area (Å²) in [5.74, 6) is 0.518. The first-order valence-corrected chi connectivity index (χ1v) is 7.17. The first-order chi connectivity index (χ1) is 8.72. The fourth-order valence-electron chi connectivity index (χ4n) is 1.48. The maximum atomic E-state index is 5.20. The lowest BCUT2D eigenvalue weighted by Gasteiger charge is -2.04. The molecule has 0 bridgehead atoms. The van der Waals surface area contributed by atoms with Gasteiger partial charge in [-0.15, -0.1) is 11.3 Å². The minimum absolute atomic E-state index is 0.501. The summed E-state index contributed by atoms with van der Waals surface area (Å²) in [4.78, 5) is 9.46. The minimum Gasteiger partial charge on any atom is -0.324 e. The zero-order chi connectivity index (χ0) is 12.5. The van der Waals surface area contributed by atoms with Crippen molar-refractivity contribution in [2.24, 2.45) is 0 Å². The summed E-state index contributed by atoms with van der Waals surface area (Å²) in [6.07, 6.45) is 1.87. The van der Waals surface area contributed by atoms with Crippen LogP contribution in [0.5, 0.6) is 0 Å². The van der Waals surface area contributed by atoms with Gasteiger partial charge in [0.1, 0.15) is 0 Å². The van der Waals surface area contributed by atoms with Crippen LogP contribution in [0.4, 0.5) is 11.6 Å². The highest BCUT2D eigenvalue weighted by molar-refractivity contribution is 9.10. The van der Waals surface area contributed by atoms with Gasteiger partial charge in [0.25, 0.3) is 0 Å². The third kappa shape index (κ3) is 2.29. The maximum Gasteiger partial charge on any atom is 0.232 e. The van der Waals surface area contributed by atoms with Crippen molar-refractivity contribution in [3.63, 3.8) is 0 Å². The highest BCUT2D eigenvalue weighted by Crippen LogP contribution is 2.18. The lowest BCUT2D eigenvalue weighted by atomic mass is 10.3. The first-order valence-electron chi connectivity index (χ1n) is 5.09. The van der Waals surface area contributed by atoms with Crippen LogP contribution in [0.25, 0.3) is 4.96 Å². The highest BCUT2D eigenvalue weighted by atomic mass is 79.9. The van der Waals surface area contributed by atoms with E-state index >= 15 is 0 Å². The molecule has 0 aliphatic heterocycles. The third-order valence-corrected chi connectivity index (χ3v) is 3.87. The molecule has 3 aromatic rings. The van der Waals surface area contributed by atoms with Gasteiger partial charge in [-0.3, -0.25) is 4.40 Å². The van der Waals surface area contributed by atoms with Crippen molar-refractivity contribution in [1.82, 2.24) is 14.4 Å². The Hall–Kier alpha value is -1.31. The summed E-state index contributed by atoms with van der Waals surface area (Å²) < 4.78 is 3.32. The summed E-state index contributed by atoms with van der Waals surface area (Å²) in [7, 11) is 0. The number of thiazole rings is 1. The average Bonchev–Trinajstić information content (AvgIpc) is 2.81. The summed E-state index contributed by atoms with van der Waals surface area (Å²) in [5, 5.41) is 5.07. The van der Waals surface area contributed by atoms with E-state index in [-0.39, 0.29) is 0 Å². The summed E-state index contributed by atoms with van der Waals surface area (Å²) >= 11 is 10.1. The van der Waals surface area contributed by atoms with Crippen LogP contribution in [0.3, 0.4) is 0 Å². The first kappa shape index (κ1) is 11.8. The molecule has 0 amide bonds. The quantitative estimate of drug-likeness (QED) is 0.716. The Morgan fingerprint density at radius 1 is 1.22 bits per heavy atom. The van der Waals surface area contributed by atoms with Gasteiger partial charge in [0.05, 0.1) is 0 Å². The summed E-state index contributed by atoms with van der Waals surface area (Å²) in [5.41, 5.74) is 0.925. The zero-order valence-electron chi connectivity index (χ0n) is 9.00. The monoisotopic (exact) mass is 338 g/mol. The van der Waals surface area contributed by atoms with Crippen molar-refractivity contribution < 1.29 is 0 Å². The molecule has 0 spiro atoms. The lowest BCUT2D eigenvalue weighted by molar-refractivity contribution is 1.01. The molecular formula is C11H7BrN4S2. The number of nitrogens with one attached hydrogen (secondary N) is 1. The van der Waals surface area contributed by atoms with Crippen LogP contribution in [-0.4, -0.2) is 14.4 Å². The molecular weight excluding hydrogens is 332 g/mol. The number of aromatic nitrogens is 3. The number of rotatable bonds is 2. The Morgan fingerprint density at radius 3 is 2.78 bits per heavy atom. The van der Waals surface area contributed by atoms with Crippen molar-refractivity contribution in [2.45, 2.75) is 0 Å². The van der Waals surface area contributed by atoms with E-state index in [9.17, 15) is 0 Å². The molecule has 90 valence electrons. The summed E-state index contributed by atoms with van der Waals surface area (Å²) in [6.45, 7) is 0. The Bertz CT molecular complexity index is 748. The topological polar surface area (TPSA) is 42.2 Å². The molecule has 0 atom stereocenters. The number of fused-ring (bicyclic) bond motifs is 1. The fraction of sp³-hybridized carbons (Fsp3) is 0. The fourth-order valence-corrected chi connectivity index (χ4v) is 2.74. The second-order valence-corrected chi connectivity index (χ2v) is 5.67. The molecule has 0 aliphatic carbocycles. The van der Waals surface area contributed by atoms with Gasteiger partial charge >= 0.3 is 0 Å². The van der Waals surface area contributed by atoms with E-state index in [1.807, 2.05) is 35.8 Å². The predicted octanol–water partition coefficient (Wildman–Crippen LogP) is 4.03. The van der Waals surface area contributed by atoms with Crippen LogP contribution in [-0.2, 0) is 0 Å². The standard InChI is InChI=1S/C11H7BrN4S2/c12-7-1-3-8(4-2-7)13-9-14-10(17)16-5-6-18-11(16)15-9/h1-6H,(H,13,14,17). The SMILES string of the molecule is S=c1nc(Nc2ccc(Br)cc2)nc2sccn12. The van der Waals surface area contributed by atoms with Crippen molar-refractivity contribution in [3.8, 4) is 0 Å². The van der Waals surface area contributed by atoms with Gasteiger partial charge in [-0.25, -0.2) is 0 Å². The number of halogens is 1. The molecule has 3 rings (SSSR count). The van der Waals surface area contributed by atoms with Crippen molar-refractivity contribution in [1.29, 1.82) is 0 Å². The minimum atomic E-state index is 0.501. The van der Waals surface area contributed by atoms with Gasteiger partial charge in [-0.1, -0.05) is 15.9 Å². The molecule has 4 nitrogen and oxygen atoms in total. The molecule has 2 heterocycles. The van der Waals surface area contributed by atoms with E-state index in [2.05, 4.69) is 31.2 Å². The van der Waals surface area contributed by atoms with Gasteiger partial charge in [0, 0.05) is 21.7 Å².